The minimum absolute atomic E-state index is 0.0551. The van der Waals surface area contributed by atoms with Crippen LogP contribution in [-0.2, 0) is 9.53 Å². The molecule has 0 bridgehead atoms. The van der Waals surface area contributed by atoms with Crippen LogP contribution in [0.1, 0.15) is 33.6 Å². The Balaban J connectivity index is 2.41. The molecule has 1 saturated carbocycles. The molecule has 0 unspecified atom stereocenters. The number of carboxylic acids is 1. The fourth-order valence-corrected chi connectivity index (χ4v) is 2.86. The zero-order chi connectivity index (χ0) is 17.4. The van der Waals surface area contributed by atoms with Crippen molar-refractivity contribution in [1.29, 1.82) is 0 Å². The van der Waals surface area contributed by atoms with Crippen LogP contribution in [0.5, 0.6) is 0 Å². The van der Waals surface area contributed by atoms with Crippen molar-refractivity contribution in [2.75, 3.05) is 39.9 Å². The molecule has 7 nitrogen and oxygen atoms in total. The van der Waals surface area contributed by atoms with Crippen molar-refractivity contribution in [1.82, 2.24) is 15.1 Å². The van der Waals surface area contributed by atoms with Crippen LogP contribution >= 0.6 is 0 Å². The molecule has 0 aromatic heterocycles. The predicted molar refractivity (Wildman–Crippen MR) is 88.5 cm³/mol. The van der Waals surface area contributed by atoms with Crippen molar-refractivity contribution in [3.05, 3.63) is 0 Å². The van der Waals surface area contributed by atoms with E-state index in [1.807, 2.05) is 11.8 Å². The molecule has 0 aromatic carbocycles. The number of amides is 2. The predicted octanol–water partition coefficient (Wildman–Crippen LogP) is 1.24. The van der Waals surface area contributed by atoms with Gasteiger partial charge >= 0.3 is 12.0 Å². The summed E-state index contributed by atoms with van der Waals surface area (Å²) >= 11 is 0. The number of nitrogens with zero attached hydrogens (tertiary/aromatic N) is 2. The smallest absolute Gasteiger partial charge is 0.317 e. The zero-order valence-corrected chi connectivity index (χ0v) is 14.7. The standard InChI is InChI=1S/C16H31N3O4/c1-5-18(11-15(20)21)14-8-13(9-14)17-16(22)19(6-7-23-4)10-12(2)3/h12-14H,5-11H2,1-4H3,(H,17,22)(H,20,21). The second kappa shape index (κ2) is 9.72. The van der Waals surface area contributed by atoms with Gasteiger partial charge in [0.1, 0.15) is 0 Å². The molecular formula is C16H31N3O4. The highest BCUT2D eigenvalue weighted by atomic mass is 16.5. The Morgan fingerprint density at radius 3 is 2.48 bits per heavy atom. The Bertz CT molecular complexity index is 384. The van der Waals surface area contributed by atoms with Gasteiger partial charge in [-0.1, -0.05) is 20.8 Å². The zero-order valence-electron chi connectivity index (χ0n) is 14.7. The number of hydrogen-bond donors (Lipinski definition) is 2. The molecule has 23 heavy (non-hydrogen) atoms. The lowest BCUT2D eigenvalue weighted by atomic mass is 9.85. The monoisotopic (exact) mass is 329 g/mol. The van der Waals surface area contributed by atoms with E-state index in [1.165, 1.54) is 0 Å². The van der Waals surface area contributed by atoms with Crippen molar-refractivity contribution >= 4 is 12.0 Å². The van der Waals surface area contributed by atoms with E-state index in [0.29, 0.717) is 32.2 Å². The summed E-state index contributed by atoms with van der Waals surface area (Å²) in [5, 5.41) is 12.0. The second-order valence-electron chi connectivity index (χ2n) is 6.56. The van der Waals surface area contributed by atoms with E-state index in [1.54, 1.807) is 12.0 Å². The Kier molecular flexibility index (Phi) is 8.33. The van der Waals surface area contributed by atoms with Crippen molar-refractivity contribution in [2.45, 2.75) is 45.7 Å². The van der Waals surface area contributed by atoms with Crippen LogP contribution < -0.4 is 5.32 Å². The topological polar surface area (TPSA) is 82.1 Å². The number of carboxylic acid groups (broad SMARTS) is 1. The quantitative estimate of drug-likeness (QED) is 0.630. The van der Waals surface area contributed by atoms with E-state index in [4.69, 9.17) is 9.84 Å². The summed E-state index contributed by atoms with van der Waals surface area (Å²) in [7, 11) is 1.63. The number of likely N-dealkylation sites (N-methyl/N-ethyl adjacent to an activating group) is 1. The van der Waals surface area contributed by atoms with Gasteiger partial charge in [-0.3, -0.25) is 9.69 Å². The van der Waals surface area contributed by atoms with Gasteiger partial charge in [-0.25, -0.2) is 4.79 Å². The summed E-state index contributed by atoms with van der Waals surface area (Å²) in [6.45, 7) is 8.71. The van der Waals surface area contributed by atoms with Gasteiger partial charge in [0.05, 0.1) is 13.2 Å². The molecule has 134 valence electrons. The number of rotatable bonds is 10. The Morgan fingerprint density at radius 2 is 2.00 bits per heavy atom. The van der Waals surface area contributed by atoms with Crippen LogP contribution in [0.2, 0.25) is 0 Å². The Morgan fingerprint density at radius 1 is 1.35 bits per heavy atom. The third kappa shape index (κ3) is 6.74. The van der Waals surface area contributed by atoms with E-state index >= 15 is 0 Å². The molecule has 2 amide bonds. The van der Waals surface area contributed by atoms with Crippen molar-refractivity contribution in [3.8, 4) is 0 Å². The number of nitrogens with one attached hydrogen (secondary N) is 1. The molecule has 0 heterocycles. The van der Waals surface area contributed by atoms with Crippen LogP contribution in [0.15, 0.2) is 0 Å². The molecular weight excluding hydrogens is 298 g/mol. The van der Waals surface area contributed by atoms with Crippen molar-refractivity contribution in [2.24, 2.45) is 5.92 Å². The minimum atomic E-state index is -0.804. The van der Waals surface area contributed by atoms with Crippen LogP contribution in [0, 0.1) is 5.92 Å². The van der Waals surface area contributed by atoms with Crippen LogP contribution in [-0.4, -0.2) is 78.9 Å². The van der Waals surface area contributed by atoms with Gasteiger partial charge in [-0.15, -0.1) is 0 Å². The number of carbonyl (C=O) groups excluding carboxylic acids is 1. The van der Waals surface area contributed by atoms with E-state index < -0.39 is 5.97 Å². The lowest BCUT2D eigenvalue weighted by molar-refractivity contribution is -0.139. The van der Waals surface area contributed by atoms with Gasteiger partial charge in [-0.2, -0.15) is 0 Å². The lowest BCUT2D eigenvalue weighted by Crippen LogP contribution is -2.57. The van der Waals surface area contributed by atoms with Crippen LogP contribution in [0.4, 0.5) is 4.79 Å². The first-order valence-electron chi connectivity index (χ1n) is 8.37. The second-order valence-corrected chi connectivity index (χ2v) is 6.56. The van der Waals surface area contributed by atoms with Gasteiger partial charge in [0, 0.05) is 32.3 Å². The van der Waals surface area contributed by atoms with E-state index in [9.17, 15) is 9.59 Å². The van der Waals surface area contributed by atoms with Gasteiger partial charge in [0.25, 0.3) is 0 Å². The highest BCUT2D eigenvalue weighted by Crippen LogP contribution is 2.25. The molecule has 0 saturated heterocycles. The molecule has 1 aliphatic carbocycles. The van der Waals surface area contributed by atoms with Gasteiger partial charge in [-0.05, 0) is 25.3 Å². The third-order valence-electron chi connectivity index (χ3n) is 4.14. The maximum atomic E-state index is 12.4. The first kappa shape index (κ1) is 19.7. The average Bonchev–Trinajstić information content (AvgIpc) is 2.43. The number of hydrogen-bond acceptors (Lipinski definition) is 4. The average molecular weight is 329 g/mol. The van der Waals surface area contributed by atoms with E-state index in [2.05, 4.69) is 19.2 Å². The lowest BCUT2D eigenvalue weighted by Gasteiger charge is -2.42. The number of ether oxygens (including phenoxy) is 1. The first-order chi connectivity index (χ1) is 10.9. The first-order valence-corrected chi connectivity index (χ1v) is 8.37. The normalized spacial score (nSPS) is 20.4. The molecule has 7 heteroatoms. The molecule has 0 atom stereocenters. The molecule has 0 aromatic rings. The maximum absolute atomic E-state index is 12.4. The fraction of sp³-hybridized carbons (Fsp3) is 0.875. The Labute approximate surface area is 139 Å². The van der Waals surface area contributed by atoms with Gasteiger partial charge in [0.15, 0.2) is 0 Å². The summed E-state index contributed by atoms with van der Waals surface area (Å²) in [6.07, 6.45) is 1.62. The SMILES string of the molecule is CCN(CC(=O)O)C1CC(NC(=O)N(CCOC)CC(C)C)C1. The summed E-state index contributed by atoms with van der Waals surface area (Å²) in [5.74, 6) is -0.403. The number of aliphatic carboxylic acids is 1. The summed E-state index contributed by atoms with van der Waals surface area (Å²) in [5.41, 5.74) is 0. The van der Waals surface area contributed by atoms with Crippen molar-refractivity contribution in [3.63, 3.8) is 0 Å². The fourth-order valence-electron chi connectivity index (χ4n) is 2.86. The summed E-state index contributed by atoms with van der Waals surface area (Å²) in [4.78, 5) is 26.9. The van der Waals surface area contributed by atoms with Crippen LogP contribution in [0.25, 0.3) is 0 Å². The van der Waals surface area contributed by atoms with Crippen molar-refractivity contribution < 1.29 is 19.4 Å². The van der Waals surface area contributed by atoms with E-state index in [0.717, 1.165) is 12.8 Å². The van der Waals surface area contributed by atoms with Gasteiger partial charge in [0.2, 0.25) is 0 Å². The Hall–Kier alpha value is -1.34. The maximum Gasteiger partial charge on any atom is 0.317 e. The third-order valence-corrected chi connectivity index (χ3v) is 4.14. The summed E-state index contributed by atoms with van der Waals surface area (Å²) < 4.78 is 5.07. The summed E-state index contributed by atoms with van der Waals surface area (Å²) in [6, 6.07) is 0.326. The molecule has 1 rings (SSSR count). The van der Waals surface area contributed by atoms with E-state index in [-0.39, 0.29) is 24.7 Å². The van der Waals surface area contributed by atoms with Gasteiger partial charge < -0.3 is 20.1 Å². The highest BCUT2D eigenvalue weighted by molar-refractivity contribution is 5.74. The molecule has 0 spiro atoms. The highest BCUT2D eigenvalue weighted by Gasteiger charge is 2.35. The molecule has 0 aliphatic heterocycles. The molecule has 0 radical (unpaired) electrons. The number of methoxy groups -OCH3 is 1. The molecule has 1 aliphatic rings. The number of urea groups is 1. The molecule has 2 N–H and O–H groups in total. The molecule has 1 fully saturated rings. The number of carbonyl (C=O) groups is 2. The largest absolute Gasteiger partial charge is 0.480 e. The van der Waals surface area contributed by atoms with Crippen LogP contribution in [0.3, 0.4) is 0 Å². The minimum Gasteiger partial charge on any atom is -0.480 e.